The molecule has 0 spiro atoms. The number of fused-ring (bicyclic) bond motifs is 2. The first-order valence-electron chi connectivity index (χ1n) is 9.26. The minimum absolute atomic E-state index is 0.233. The number of anilines is 2. The van der Waals surface area contributed by atoms with Crippen molar-refractivity contribution in [3.63, 3.8) is 0 Å². The Hall–Kier alpha value is -4.28. The number of ether oxygens (including phenoxy) is 2. The summed E-state index contributed by atoms with van der Waals surface area (Å²) in [4.78, 5) is 12.7. The number of nitrogens with one attached hydrogen (secondary N) is 2. The Morgan fingerprint density at radius 2 is 1.94 bits per heavy atom. The molecule has 0 radical (unpaired) electrons. The lowest BCUT2D eigenvalue weighted by Crippen LogP contribution is -2.29. The van der Waals surface area contributed by atoms with Gasteiger partial charge in [-0.3, -0.25) is 4.79 Å². The summed E-state index contributed by atoms with van der Waals surface area (Å²) in [6.45, 7) is 0. The van der Waals surface area contributed by atoms with E-state index in [9.17, 15) is 9.18 Å². The lowest BCUT2D eigenvalue weighted by atomic mass is 9.92. The summed E-state index contributed by atoms with van der Waals surface area (Å²) in [7, 11) is 3.07. The summed E-state index contributed by atoms with van der Waals surface area (Å²) < 4.78 is 26.3. The molecule has 31 heavy (non-hydrogen) atoms. The molecule has 3 heterocycles. The van der Waals surface area contributed by atoms with E-state index in [1.807, 2.05) is 0 Å². The van der Waals surface area contributed by atoms with Crippen molar-refractivity contribution in [2.45, 2.75) is 6.04 Å². The van der Waals surface area contributed by atoms with Crippen molar-refractivity contribution < 1.29 is 13.9 Å². The predicted molar refractivity (Wildman–Crippen MR) is 108 cm³/mol. The maximum atomic E-state index is 14.1. The molecular weight excluding hydrogens is 405 g/mol. The van der Waals surface area contributed by atoms with Crippen LogP contribution in [-0.2, 0) is 0 Å². The van der Waals surface area contributed by atoms with Crippen LogP contribution in [0.4, 0.5) is 16.0 Å². The largest absolute Gasteiger partial charge is 0.493 e. The smallest absolute Gasteiger partial charge is 0.288 e. The first kappa shape index (κ1) is 18.7. The third kappa shape index (κ3) is 2.98. The third-order valence-electron chi connectivity index (χ3n) is 5.09. The maximum absolute atomic E-state index is 14.1. The van der Waals surface area contributed by atoms with Gasteiger partial charge < -0.3 is 14.8 Å². The first-order valence-corrected chi connectivity index (χ1v) is 9.26. The number of benzene rings is 2. The number of methoxy groups -OCH3 is 2. The van der Waals surface area contributed by atoms with Gasteiger partial charge in [-0.1, -0.05) is 17.2 Å². The summed E-state index contributed by atoms with van der Waals surface area (Å²) in [5.41, 5.74) is 1.96. The number of rotatable bonds is 4. The zero-order chi connectivity index (χ0) is 21.5. The number of tetrazole rings is 1. The Kier molecular flexibility index (Phi) is 4.35. The molecule has 4 aromatic rings. The molecule has 1 aliphatic rings. The summed E-state index contributed by atoms with van der Waals surface area (Å²) in [6, 6.07) is 10.7. The molecule has 5 rings (SSSR count). The van der Waals surface area contributed by atoms with Crippen LogP contribution in [0.5, 0.6) is 11.5 Å². The lowest BCUT2D eigenvalue weighted by Gasteiger charge is -2.27. The van der Waals surface area contributed by atoms with Crippen molar-refractivity contribution >= 4 is 11.6 Å². The fraction of sp³-hybridized carbons (Fsp3) is 0.150. The minimum Gasteiger partial charge on any atom is -0.493 e. The molecule has 0 fully saturated rings. The molecule has 10 nitrogen and oxygen atoms in total. The maximum Gasteiger partial charge on any atom is 0.288 e. The number of hydrogen-bond donors (Lipinski definition) is 2. The Bertz CT molecular complexity index is 1350. The second kappa shape index (κ2) is 7.20. The summed E-state index contributed by atoms with van der Waals surface area (Å²) in [5.74, 6) is 0.887. The van der Waals surface area contributed by atoms with Gasteiger partial charge in [0.1, 0.15) is 17.5 Å². The summed E-state index contributed by atoms with van der Waals surface area (Å²) in [6.07, 6.45) is 0. The highest BCUT2D eigenvalue weighted by atomic mass is 19.1. The van der Waals surface area contributed by atoms with Crippen LogP contribution in [0, 0.1) is 5.82 Å². The van der Waals surface area contributed by atoms with E-state index in [0.717, 1.165) is 0 Å². The van der Waals surface area contributed by atoms with E-state index in [2.05, 4.69) is 31.0 Å². The fourth-order valence-corrected chi connectivity index (χ4v) is 3.73. The molecule has 1 aliphatic heterocycles. The SMILES string of the molecule is COc1ccc(-c2n[nH]c(=O)c3c2C(c2cccc(F)c2)n2nnnc2N3)cc1OC. The van der Waals surface area contributed by atoms with Crippen molar-refractivity contribution in [2.24, 2.45) is 0 Å². The average Bonchev–Trinajstić information content (AvgIpc) is 3.26. The van der Waals surface area contributed by atoms with Gasteiger partial charge in [0.25, 0.3) is 5.56 Å². The van der Waals surface area contributed by atoms with E-state index in [1.165, 1.54) is 23.9 Å². The number of hydrogen-bond acceptors (Lipinski definition) is 8. The molecule has 0 aliphatic carbocycles. The van der Waals surface area contributed by atoms with Crippen molar-refractivity contribution in [2.75, 3.05) is 19.5 Å². The van der Waals surface area contributed by atoms with Crippen molar-refractivity contribution in [3.8, 4) is 22.8 Å². The standard InChI is InChI=1S/C20H16FN7O3/c1-30-13-7-6-10(9-14(13)31-2)16-15-17(19(29)24-23-16)22-20-25-26-27-28(20)18(15)11-4-3-5-12(21)8-11/h3-9,18H,1-2H3,(H,24,29)(H,22,25,27). The first-order chi connectivity index (χ1) is 15.1. The second-order valence-corrected chi connectivity index (χ2v) is 6.79. The van der Waals surface area contributed by atoms with Gasteiger partial charge in [-0.05, 0) is 46.3 Å². The zero-order valence-electron chi connectivity index (χ0n) is 16.5. The molecule has 0 saturated carbocycles. The van der Waals surface area contributed by atoms with Crippen LogP contribution in [0.15, 0.2) is 47.3 Å². The molecule has 11 heteroatoms. The average molecular weight is 421 g/mol. The van der Waals surface area contributed by atoms with E-state index in [1.54, 1.807) is 37.4 Å². The molecule has 1 atom stereocenters. The molecule has 2 aromatic heterocycles. The molecule has 156 valence electrons. The number of H-pyrrole nitrogens is 1. The summed E-state index contributed by atoms with van der Waals surface area (Å²) >= 11 is 0. The Labute approximate surface area is 174 Å². The highest BCUT2D eigenvalue weighted by Crippen LogP contribution is 2.42. The highest BCUT2D eigenvalue weighted by molar-refractivity contribution is 5.76. The van der Waals surface area contributed by atoms with Crippen LogP contribution in [0.2, 0.25) is 0 Å². The molecule has 0 saturated heterocycles. The van der Waals surface area contributed by atoms with E-state index in [4.69, 9.17) is 9.47 Å². The van der Waals surface area contributed by atoms with Gasteiger partial charge in [0.15, 0.2) is 11.5 Å². The molecule has 2 aromatic carbocycles. The number of halogens is 1. The molecular formula is C20H16FN7O3. The topological polar surface area (TPSA) is 120 Å². The van der Waals surface area contributed by atoms with Crippen LogP contribution in [0.25, 0.3) is 11.3 Å². The summed E-state index contributed by atoms with van der Waals surface area (Å²) in [5, 5.41) is 21.5. The van der Waals surface area contributed by atoms with Crippen molar-refractivity contribution in [3.05, 3.63) is 69.8 Å². The van der Waals surface area contributed by atoms with E-state index >= 15 is 0 Å². The van der Waals surface area contributed by atoms with E-state index in [-0.39, 0.29) is 11.6 Å². The van der Waals surface area contributed by atoms with Gasteiger partial charge >= 0.3 is 0 Å². The van der Waals surface area contributed by atoms with Crippen LogP contribution < -0.4 is 20.3 Å². The quantitative estimate of drug-likeness (QED) is 0.454. The molecule has 2 N–H and O–H groups in total. The van der Waals surface area contributed by atoms with Crippen LogP contribution in [0.3, 0.4) is 0 Å². The van der Waals surface area contributed by atoms with Gasteiger partial charge in [0, 0.05) is 11.1 Å². The lowest BCUT2D eigenvalue weighted by molar-refractivity contribution is 0.355. The monoisotopic (exact) mass is 421 g/mol. The Morgan fingerprint density at radius 3 is 2.71 bits per heavy atom. The van der Waals surface area contributed by atoms with Gasteiger partial charge in [-0.25, -0.2) is 9.49 Å². The van der Waals surface area contributed by atoms with Crippen LogP contribution in [0.1, 0.15) is 17.2 Å². The van der Waals surface area contributed by atoms with Crippen molar-refractivity contribution in [1.29, 1.82) is 0 Å². The second-order valence-electron chi connectivity index (χ2n) is 6.79. The molecule has 0 amide bonds. The van der Waals surface area contributed by atoms with E-state index in [0.29, 0.717) is 33.9 Å². The number of nitrogens with zero attached hydrogens (tertiary/aromatic N) is 5. The fourth-order valence-electron chi connectivity index (χ4n) is 3.73. The molecule has 1 unspecified atom stereocenters. The highest BCUT2D eigenvalue weighted by Gasteiger charge is 2.34. The number of aromatic amines is 1. The zero-order valence-corrected chi connectivity index (χ0v) is 16.5. The Morgan fingerprint density at radius 1 is 1.10 bits per heavy atom. The van der Waals surface area contributed by atoms with Gasteiger partial charge in [0.05, 0.1) is 19.9 Å². The third-order valence-corrected chi connectivity index (χ3v) is 5.09. The normalized spacial score (nSPS) is 14.4. The van der Waals surface area contributed by atoms with Gasteiger partial charge in [-0.2, -0.15) is 9.78 Å². The van der Waals surface area contributed by atoms with E-state index < -0.39 is 17.4 Å². The Balaban J connectivity index is 1.80. The minimum atomic E-state index is -0.685. The molecule has 0 bridgehead atoms. The van der Waals surface area contributed by atoms with Gasteiger partial charge in [0.2, 0.25) is 5.95 Å². The van der Waals surface area contributed by atoms with Crippen LogP contribution >= 0.6 is 0 Å². The van der Waals surface area contributed by atoms with Gasteiger partial charge in [-0.15, -0.1) is 0 Å². The number of aromatic nitrogens is 6. The van der Waals surface area contributed by atoms with Crippen LogP contribution in [-0.4, -0.2) is 44.6 Å². The predicted octanol–water partition coefficient (Wildman–Crippen LogP) is 2.27. The van der Waals surface area contributed by atoms with Crippen molar-refractivity contribution in [1.82, 2.24) is 30.4 Å².